The maximum absolute atomic E-state index is 8.33. The molecule has 0 aliphatic carbocycles. The van der Waals surface area contributed by atoms with Crippen molar-refractivity contribution >= 4 is 34.6 Å². The molecule has 23 heavy (non-hydrogen) atoms. The summed E-state index contributed by atoms with van der Waals surface area (Å²) in [6.07, 6.45) is -0.0769. The number of hydrogen-bond acceptors (Lipinski definition) is 4. The first-order chi connectivity index (χ1) is 10.8. The third kappa shape index (κ3) is 3.44. The summed E-state index contributed by atoms with van der Waals surface area (Å²) in [5, 5.41) is 19.4. The van der Waals surface area contributed by atoms with Gasteiger partial charge in [0.1, 0.15) is 11.4 Å². The normalized spacial score (nSPS) is 13.0. The summed E-state index contributed by atoms with van der Waals surface area (Å²) in [4.78, 5) is 10.7. The van der Waals surface area contributed by atoms with Crippen LogP contribution in [0.2, 0.25) is 0 Å². The Morgan fingerprint density at radius 3 is 2.17 bits per heavy atom. The van der Waals surface area contributed by atoms with Crippen LogP contribution in [0.25, 0.3) is 10.8 Å². The molecule has 1 aliphatic heterocycles. The summed E-state index contributed by atoms with van der Waals surface area (Å²) in [6.45, 7) is 8.95. The highest BCUT2D eigenvalue weighted by molar-refractivity contribution is 6.06. The molecule has 3 rings (SSSR count). The predicted molar refractivity (Wildman–Crippen MR) is 89.2 cm³/mol. The summed E-state index contributed by atoms with van der Waals surface area (Å²) >= 11 is 0. The number of carbonyl (C=O) groups is 1. The summed E-state index contributed by atoms with van der Waals surface area (Å²) < 4.78 is 2.37. The average Bonchev–Trinajstić information content (AvgIpc) is 2.47. The minimum Gasteiger partial charge on any atom is -0.652 e. The van der Waals surface area contributed by atoms with E-state index in [2.05, 4.69) is 79.9 Å². The van der Waals surface area contributed by atoms with Crippen LogP contribution in [0.5, 0.6) is 0 Å². The van der Waals surface area contributed by atoms with Crippen molar-refractivity contribution in [2.75, 3.05) is 4.90 Å². The van der Waals surface area contributed by atoms with E-state index in [4.69, 9.17) is 15.0 Å². The Morgan fingerprint density at radius 1 is 1.09 bits per heavy atom. The van der Waals surface area contributed by atoms with E-state index < -0.39 is 6.16 Å². The topological polar surface area (TPSA) is 69.4 Å². The van der Waals surface area contributed by atoms with Gasteiger partial charge in [0, 0.05) is 0 Å². The second-order valence-electron chi connectivity index (χ2n) is 6.02. The standard InChI is InChI=1S/C17H21N2.CH2O3/c1-12(2)18-11-19(13(3)4)16-10-6-8-14-7-5-9-15(18)17(14)16;2-1(3)4/h5-13H,1-4H3;(H2,2,3,4)/q+1;/p-1. The molecule has 2 aromatic rings. The van der Waals surface area contributed by atoms with Crippen molar-refractivity contribution in [3.05, 3.63) is 36.4 Å². The van der Waals surface area contributed by atoms with Gasteiger partial charge < -0.3 is 15.0 Å². The molecule has 5 nitrogen and oxygen atoms in total. The van der Waals surface area contributed by atoms with Gasteiger partial charge >= 0.3 is 1.43 Å². The molecule has 5 heteroatoms. The number of carboxylic acid groups (broad SMARTS) is 2. The fourth-order valence-corrected chi connectivity index (χ4v) is 2.81. The largest absolute Gasteiger partial charge is 1.00 e. The van der Waals surface area contributed by atoms with E-state index in [1.54, 1.807) is 0 Å². The molecule has 0 N–H and O–H groups in total. The van der Waals surface area contributed by atoms with E-state index in [1.165, 1.54) is 22.1 Å². The van der Waals surface area contributed by atoms with Crippen molar-refractivity contribution in [2.45, 2.75) is 39.8 Å². The number of hydrogen-bond donors (Lipinski definition) is 0. The Kier molecular flexibility index (Phi) is 4.89. The van der Waals surface area contributed by atoms with Gasteiger partial charge in [-0.05, 0) is 51.4 Å². The molecule has 0 spiro atoms. The Bertz CT molecular complexity index is 748. The zero-order chi connectivity index (χ0) is 17.1. The minimum atomic E-state index is -2.33. The molecule has 1 heterocycles. The van der Waals surface area contributed by atoms with Gasteiger partial charge in [-0.3, -0.25) is 0 Å². The van der Waals surface area contributed by atoms with Crippen LogP contribution < -0.4 is 15.1 Å². The Morgan fingerprint density at radius 2 is 1.65 bits per heavy atom. The third-order valence-electron chi connectivity index (χ3n) is 3.78. The number of carbonyl (C=O) groups excluding carboxylic acids is 1. The van der Waals surface area contributed by atoms with E-state index in [0.717, 1.165) is 0 Å². The molecule has 0 radical (unpaired) electrons. The molecular weight excluding hydrogens is 292 g/mol. The maximum atomic E-state index is 8.33. The lowest BCUT2D eigenvalue weighted by Gasteiger charge is -2.27. The Labute approximate surface area is 137 Å². The summed E-state index contributed by atoms with van der Waals surface area (Å²) in [5.41, 5.74) is 2.64. The highest BCUT2D eigenvalue weighted by atomic mass is 16.6. The van der Waals surface area contributed by atoms with E-state index in [9.17, 15) is 0 Å². The van der Waals surface area contributed by atoms with Gasteiger partial charge in [0.15, 0.2) is 0 Å². The van der Waals surface area contributed by atoms with Crippen molar-refractivity contribution in [3.8, 4) is 0 Å². The molecule has 2 aromatic carbocycles. The van der Waals surface area contributed by atoms with E-state index >= 15 is 0 Å². The molecule has 0 atom stereocenters. The molecule has 0 fully saturated rings. The molecular formula is C18H22N2O3. The van der Waals surface area contributed by atoms with Gasteiger partial charge in [-0.2, -0.15) is 0 Å². The fourth-order valence-electron chi connectivity index (χ4n) is 2.81. The second kappa shape index (κ2) is 6.69. The van der Waals surface area contributed by atoms with Gasteiger partial charge in [0.05, 0.1) is 17.5 Å². The van der Waals surface area contributed by atoms with Crippen LogP contribution >= 0.6 is 0 Å². The molecule has 0 bridgehead atoms. The number of anilines is 1. The van der Waals surface area contributed by atoms with Crippen molar-refractivity contribution in [1.82, 2.24) is 0 Å². The number of nitrogens with zero attached hydrogens (tertiary/aromatic N) is 2. The Balaban J connectivity index is 0.000000522. The fraction of sp³-hybridized carbons (Fsp3) is 0.333. The first-order valence-electron chi connectivity index (χ1n) is 7.64. The van der Waals surface area contributed by atoms with Crippen LogP contribution in [0.15, 0.2) is 36.4 Å². The van der Waals surface area contributed by atoms with Gasteiger partial charge in [-0.1, -0.05) is 24.3 Å². The summed E-state index contributed by atoms with van der Waals surface area (Å²) in [6, 6.07) is 14.1. The smallest absolute Gasteiger partial charge is 0.652 e. The van der Waals surface area contributed by atoms with Crippen LogP contribution in [0.1, 0.15) is 29.1 Å². The average molecular weight is 314 g/mol. The highest BCUT2D eigenvalue weighted by Crippen LogP contribution is 2.38. The summed E-state index contributed by atoms with van der Waals surface area (Å²) in [7, 11) is 0. The first kappa shape index (κ1) is 16.8. The number of rotatable bonds is 2. The van der Waals surface area contributed by atoms with Crippen molar-refractivity contribution in [2.24, 2.45) is 0 Å². The maximum Gasteiger partial charge on any atom is 1.00 e. The number of benzene rings is 2. The lowest BCUT2D eigenvalue weighted by Crippen LogP contribution is -2.37. The monoisotopic (exact) mass is 314 g/mol. The zero-order valence-electron chi connectivity index (χ0n) is 14.8. The predicted octanol–water partition coefficient (Wildman–Crippen LogP) is 1.81. The molecule has 0 aromatic heterocycles. The first-order valence-corrected chi connectivity index (χ1v) is 7.64. The molecule has 0 saturated heterocycles. The van der Waals surface area contributed by atoms with E-state index in [-0.39, 0.29) is 1.43 Å². The van der Waals surface area contributed by atoms with Crippen LogP contribution in [0.3, 0.4) is 0 Å². The molecule has 0 amide bonds. The van der Waals surface area contributed by atoms with Crippen molar-refractivity contribution in [1.29, 1.82) is 0 Å². The SMILES string of the molecule is CC(C)N1C=[N+](C(C)C)c2cccc3cccc1c23.O=C([O-])[O-].[H+]. The lowest BCUT2D eigenvalue weighted by atomic mass is 10.0. The highest BCUT2D eigenvalue weighted by Gasteiger charge is 2.28. The van der Waals surface area contributed by atoms with Gasteiger partial charge in [-0.25, -0.2) is 9.48 Å². The third-order valence-corrected chi connectivity index (χ3v) is 3.78. The Hall–Kier alpha value is -2.56. The van der Waals surface area contributed by atoms with Gasteiger partial charge in [0.25, 0.3) is 0 Å². The van der Waals surface area contributed by atoms with E-state index in [1.807, 2.05) is 0 Å². The molecule has 1 aliphatic rings. The molecule has 0 unspecified atom stereocenters. The lowest BCUT2D eigenvalue weighted by molar-refractivity contribution is -0.471. The van der Waals surface area contributed by atoms with E-state index in [0.29, 0.717) is 12.1 Å². The minimum absolute atomic E-state index is 0. The second-order valence-corrected chi connectivity index (χ2v) is 6.02. The molecule has 0 saturated carbocycles. The van der Waals surface area contributed by atoms with Crippen molar-refractivity contribution < 1.29 is 21.0 Å². The van der Waals surface area contributed by atoms with Crippen LogP contribution in [-0.2, 0) is 0 Å². The molecule has 122 valence electrons. The van der Waals surface area contributed by atoms with Crippen molar-refractivity contribution in [3.63, 3.8) is 0 Å². The van der Waals surface area contributed by atoms with Crippen LogP contribution in [-0.4, -0.2) is 29.2 Å². The zero-order valence-corrected chi connectivity index (χ0v) is 13.8. The van der Waals surface area contributed by atoms with Gasteiger partial charge in [-0.15, -0.1) is 0 Å². The summed E-state index contributed by atoms with van der Waals surface area (Å²) in [5.74, 6) is 0. The van der Waals surface area contributed by atoms with Crippen LogP contribution in [0.4, 0.5) is 16.2 Å². The van der Waals surface area contributed by atoms with Gasteiger partial charge in [0.2, 0.25) is 6.34 Å². The van der Waals surface area contributed by atoms with Crippen LogP contribution in [0, 0.1) is 0 Å². The quantitative estimate of drug-likeness (QED) is 0.793.